The van der Waals surface area contributed by atoms with Crippen molar-refractivity contribution < 1.29 is 29.3 Å². The van der Waals surface area contributed by atoms with Crippen LogP contribution in [0.4, 0.5) is 0 Å². The molecule has 0 bridgehead atoms. The maximum absolute atomic E-state index is 12.3. The number of fused-ring (bicyclic) bond motifs is 5. The van der Waals surface area contributed by atoms with E-state index in [1.54, 1.807) is 6.07 Å². The van der Waals surface area contributed by atoms with E-state index in [1.807, 2.05) is 0 Å². The van der Waals surface area contributed by atoms with Crippen molar-refractivity contribution >= 4 is 11.9 Å². The highest BCUT2D eigenvalue weighted by molar-refractivity contribution is 6.00. The zero-order valence-electron chi connectivity index (χ0n) is 19.4. The average Bonchev–Trinajstić information content (AvgIpc) is 3.27. The number of hydrogen-bond donors (Lipinski definition) is 3. The monoisotopic (exact) mass is 443 g/mol. The summed E-state index contributed by atoms with van der Waals surface area (Å²) >= 11 is 0. The van der Waals surface area contributed by atoms with E-state index in [0.29, 0.717) is 30.7 Å². The van der Waals surface area contributed by atoms with Crippen molar-refractivity contribution in [2.75, 3.05) is 0 Å². The van der Waals surface area contributed by atoms with E-state index in [1.165, 1.54) is 6.92 Å². The van der Waals surface area contributed by atoms with Crippen LogP contribution in [0, 0.1) is 22.7 Å². The van der Waals surface area contributed by atoms with E-state index < -0.39 is 34.6 Å². The van der Waals surface area contributed by atoms with Gasteiger partial charge in [0, 0.05) is 36.4 Å². The number of phenols is 1. The molecule has 5 rings (SSSR count). The fourth-order valence-electron chi connectivity index (χ4n) is 7.61. The summed E-state index contributed by atoms with van der Waals surface area (Å²) in [4.78, 5) is 24.1. The zero-order valence-corrected chi connectivity index (χ0v) is 19.4. The van der Waals surface area contributed by atoms with Gasteiger partial charge in [0.2, 0.25) is 0 Å². The second kappa shape index (κ2) is 6.62. The first-order chi connectivity index (χ1) is 14.9. The minimum absolute atomic E-state index is 0.0947. The van der Waals surface area contributed by atoms with E-state index in [-0.39, 0.29) is 23.5 Å². The van der Waals surface area contributed by atoms with Crippen molar-refractivity contribution in [2.24, 2.45) is 22.7 Å². The molecule has 1 spiro atoms. The van der Waals surface area contributed by atoms with Crippen LogP contribution in [0.1, 0.15) is 75.4 Å². The number of hydrogen-bond acceptors (Lipinski definition) is 6. The van der Waals surface area contributed by atoms with Crippen molar-refractivity contribution in [3.63, 3.8) is 0 Å². The number of amides is 1. The predicted molar refractivity (Wildman–Crippen MR) is 116 cm³/mol. The smallest absolute Gasteiger partial charge is 0.302 e. The molecule has 2 heterocycles. The zero-order chi connectivity index (χ0) is 23.2. The Morgan fingerprint density at radius 2 is 1.97 bits per heavy atom. The van der Waals surface area contributed by atoms with Gasteiger partial charge in [0.1, 0.15) is 23.2 Å². The SMILES string of the molecule is CC(=O)O[C@@H]1C[C@@]2(C)[C@H](CC[C@H](C)[C@@]23Cc2c(O)cc4c(c2O3)CNC4=O)C(C)(C)[C@@H]1O. The predicted octanol–water partition coefficient (Wildman–Crippen LogP) is 3.08. The van der Waals surface area contributed by atoms with Gasteiger partial charge in [0.05, 0.1) is 11.7 Å². The summed E-state index contributed by atoms with van der Waals surface area (Å²) in [6.45, 7) is 10.3. The summed E-state index contributed by atoms with van der Waals surface area (Å²) in [5.41, 5.74) is 0.500. The number of esters is 1. The molecule has 7 heteroatoms. The molecule has 7 nitrogen and oxygen atoms in total. The second-order valence-electron chi connectivity index (χ2n) is 11.1. The molecule has 2 fully saturated rings. The Bertz CT molecular complexity index is 1020. The number of aromatic hydroxyl groups is 1. The normalized spacial score (nSPS) is 39.0. The van der Waals surface area contributed by atoms with Crippen molar-refractivity contribution in [1.82, 2.24) is 5.32 Å². The molecule has 3 N–H and O–H groups in total. The molecule has 1 aromatic carbocycles. The lowest BCUT2D eigenvalue weighted by atomic mass is 9.43. The van der Waals surface area contributed by atoms with E-state index in [2.05, 4.69) is 33.0 Å². The van der Waals surface area contributed by atoms with E-state index in [9.17, 15) is 19.8 Å². The van der Waals surface area contributed by atoms with Gasteiger partial charge in [0.15, 0.2) is 0 Å². The topological polar surface area (TPSA) is 105 Å². The summed E-state index contributed by atoms with van der Waals surface area (Å²) in [7, 11) is 0. The molecule has 2 aliphatic carbocycles. The van der Waals surface area contributed by atoms with Crippen LogP contribution in [0.5, 0.6) is 11.5 Å². The van der Waals surface area contributed by atoms with Crippen molar-refractivity contribution in [1.29, 1.82) is 0 Å². The third-order valence-electron chi connectivity index (χ3n) is 9.23. The fourth-order valence-corrected chi connectivity index (χ4v) is 7.61. The van der Waals surface area contributed by atoms with Gasteiger partial charge < -0.3 is 25.0 Å². The molecule has 174 valence electrons. The van der Waals surface area contributed by atoms with Gasteiger partial charge in [-0.15, -0.1) is 0 Å². The van der Waals surface area contributed by atoms with Gasteiger partial charge in [-0.25, -0.2) is 0 Å². The fraction of sp³-hybridized carbons (Fsp3) is 0.680. The molecule has 0 saturated heterocycles. The van der Waals surface area contributed by atoms with Gasteiger partial charge in [-0.1, -0.05) is 27.7 Å². The highest BCUT2D eigenvalue weighted by atomic mass is 16.6. The number of ether oxygens (including phenoxy) is 2. The molecule has 1 amide bonds. The number of phenolic OH excluding ortho intramolecular Hbond substituents is 1. The van der Waals surface area contributed by atoms with Crippen LogP contribution in [0.3, 0.4) is 0 Å². The first kappa shape index (κ1) is 21.6. The number of benzene rings is 1. The van der Waals surface area contributed by atoms with Crippen LogP contribution in [0.2, 0.25) is 0 Å². The molecular formula is C25H33NO6. The van der Waals surface area contributed by atoms with Crippen LogP contribution >= 0.6 is 0 Å². The van der Waals surface area contributed by atoms with Gasteiger partial charge >= 0.3 is 5.97 Å². The molecule has 1 aromatic rings. The Hall–Kier alpha value is -2.28. The van der Waals surface area contributed by atoms with Gasteiger partial charge in [-0.2, -0.15) is 0 Å². The molecule has 4 aliphatic rings. The van der Waals surface area contributed by atoms with Gasteiger partial charge in [0.25, 0.3) is 5.91 Å². The number of aliphatic hydroxyl groups is 1. The summed E-state index contributed by atoms with van der Waals surface area (Å²) in [6.07, 6.45) is 1.50. The van der Waals surface area contributed by atoms with Crippen molar-refractivity contribution in [2.45, 2.75) is 84.7 Å². The Labute approximate surface area is 188 Å². The van der Waals surface area contributed by atoms with Crippen LogP contribution < -0.4 is 10.1 Å². The molecular weight excluding hydrogens is 410 g/mol. The molecule has 2 saturated carbocycles. The van der Waals surface area contributed by atoms with E-state index >= 15 is 0 Å². The van der Waals surface area contributed by atoms with Gasteiger partial charge in [-0.05, 0) is 42.6 Å². The standard InChI is InChI=1S/C25H33NO6/c1-12-6-7-19-23(3,4)21(29)18(31-13(2)27)10-24(19,5)25(12)9-15-17(28)8-14-16(20(15)32-25)11-26-22(14)30/h8,12,18-19,21,28-29H,6-7,9-11H2,1-5H3,(H,26,30)/t12-,18+,19+,21+,24-,25-/m0/s1. The Balaban J connectivity index is 1.64. The third kappa shape index (κ3) is 2.57. The largest absolute Gasteiger partial charge is 0.508 e. The summed E-state index contributed by atoms with van der Waals surface area (Å²) in [5.74, 6) is 0.440. The third-order valence-corrected chi connectivity index (χ3v) is 9.23. The summed E-state index contributed by atoms with van der Waals surface area (Å²) in [6, 6.07) is 1.56. The Morgan fingerprint density at radius 1 is 1.25 bits per heavy atom. The first-order valence-corrected chi connectivity index (χ1v) is 11.6. The Kier molecular flexibility index (Phi) is 4.46. The molecule has 6 atom stereocenters. The minimum atomic E-state index is -0.766. The number of aliphatic hydroxyl groups excluding tert-OH is 1. The van der Waals surface area contributed by atoms with Crippen molar-refractivity contribution in [3.05, 3.63) is 22.8 Å². The Morgan fingerprint density at radius 3 is 2.66 bits per heavy atom. The molecule has 0 unspecified atom stereocenters. The maximum Gasteiger partial charge on any atom is 0.302 e. The van der Waals surface area contributed by atoms with Crippen LogP contribution in [-0.4, -0.2) is 39.9 Å². The van der Waals surface area contributed by atoms with Crippen molar-refractivity contribution in [3.8, 4) is 11.5 Å². The van der Waals surface area contributed by atoms with Crippen LogP contribution in [0.15, 0.2) is 6.07 Å². The lowest BCUT2D eigenvalue weighted by Gasteiger charge is -2.65. The van der Waals surface area contributed by atoms with Crippen LogP contribution in [0.25, 0.3) is 0 Å². The lowest BCUT2D eigenvalue weighted by Crippen LogP contribution is -2.69. The summed E-state index contributed by atoms with van der Waals surface area (Å²) in [5, 5.41) is 24.8. The molecule has 0 aromatic heterocycles. The molecule has 0 radical (unpaired) electrons. The number of carbonyl (C=O) groups excluding carboxylic acids is 2. The average molecular weight is 444 g/mol. The first-order valence-electron chi connectivity index (χ1n) is 11.6. The number of rotatable bonds is 1. The molecule has 32 heavy (non-hydrogen) atoms. The highest BCUT2D eigenvalue weighted by Gasteiger charge is 2.69. The highest BCUT2D eigenvalue weighted by Crippen LogP contribution is 2.67. The van der Waals surface area contributed by atoms with Gasteiger partial charge in [-0.3, -0.25) is 9.59 Å². The number of nitrogens with one attached hydrogen (secondary N) is 1. The van der Waals surface area contributed by atoms with Crippen LogP contribution in [-0.2, 0) is 22.5 Å². The summed E-state index contributed by atoms with van der Waals surface area (Å²) < 4.78 is 12.5. The number of carbonyl (C=O) groups is 2. The van der Waals surface area contributed by atoms with E-state index in [0.717, 1.165) is 24.0 Å². The lowest BCUT2D eigenvalue weighted by molar-refractivity contribution is -0.245. The quantitative estimate of drug-likeness (QED) is 0.576. The maximum atomic E-state index is 12.3. The molecule has 2 aliphatic heterocycles. The van der Waals surface area contributed by atoms with E-state index in [4.69, 9.17) is 9.47 Å². The second-order valence-corrected chi connectivity index (χ2v) is 11.1. The minimum Gasteiger partial charge on any atom is -0.508 e.